The Hall–Kier alpha value is -1.22. The van der Waals surface area contributed by atoms with Gasteiger partial charge in [-0.1, -0.05) is 5.11 Å². The Kier molecular flexibility index (Phi) is 1.66. The van der Waals surface area contributed by atoms with Crippen LogP contribution in [0.1, 0.15) is 19.3 Å². The summed E-state index contributed by atoms with van der Waals surface area (Å²) in [6.45, 7) is 0. The summed E-state index contributed by atoms with van der Waals surface area (Å²) in [7, 11) is 0. The van der Waals surface area contributed by atoms with Crippen molar-refractivity contribution in [3.8, 4) is 0 Å². The highest BCUT2D eigenvalue weighted by molar-refractivity contribution is 5.72. The molecule has 5 nitrogen and oxygen atoms in total. The third kappa shape index (κ3) is 1.02. The van der Waals surface area contributed by atoms with Crippen molar-refractivity contribution < 1.29 is 9.53 Å². The molecule has 0 aromatic carbocycles. The molecule has 0 amide bonds. The minimum Gasteiger partial charge on any atom is -0.462 e. The van der Waals surface area contributed by atoms with Gasteiger partial charge < -0.3 is 4.74 Å². The molecule has 3 atom stereocenters. The molecule has 2 fully saturated rings. The molecule has 0 N–H and O–H groups in total. The van der Waals surface area contributed by atoms with Gasteiger partial charge in [-0.3, -0.25) is 4.79 Å². The van der Waals surface area contributed by atoms with Crippen molar-refractivity contribution >= 4 is 5.97 Å². The molecule has 0 radical (unpaired) electrons. The van der Waals surface area contributed by atoms with Gasteiger partial charge in [-0.25, -0.2) is 0 Å². The number of hydrogen-bond donors (Lipinski definition) is 0. The van der Waals surface area contributed by atoms with Gasteiger partial charge in [-0.05, 0) is 18.4 Å². The Morgan fingerprint density at radius 3 is 3.17 bits per heavy atom. The fourth-order valence-electron chi connectivity index (χ4n) is 2.02. The van der Waals surface area contributed by atoms with E-state index in [1.807, 2.05) is 0 Å². The first-order chi connectivity index (χ1) is 5.81. The summed E-state index contributed by atoms with van der Waals surface area (Å²) in [5, 5.41) is 3.60. The summed E-state index contributed by atoms with van der Waals surface area (Å²) in [5.41, 5.74) is 8.23. The van der Waals surface area contributed by atoms with Crippen LogP contribution in [-0.2, 0) is 9.53 Å². The number of ether oxygens (including phenoxy) is 1. The lowest BCUT2D eigenvalue weighted by Gasteiger charge is -2.11. The monoisotopic (exact) mass is 167 g/mol. The maximum atomic E-state index is 10.8. The molecule has 1 aliphatic heterocycles. The van der Waals surface area contributed by atoms with Crippen molar-refractivity contribution in [3.63, 3.8) is 0 Å². The van der Waals surface area contributed by atoms with E-state index in [-0.39, 0.29) is 18.1 Å². The second-order valence-corrected chi connectivity index (χ2v) is 3.27. The van der Waals surface area contributed by atoms with Crippen LogP contribution in [0.3, 0.4) is 0 Å². The first-order valence-electron chi connectivity index (χ1n) is 4.05. The van der Waals surface area contributed by atoms with Crippen LogP contribution in [0.15, 0.2) is 5.11 Å². The minimum atomic E-state index is -0.150. The summed E-state index contributed by atoms with van der Waals surface area (Å²) in [6, 6.07) is -0.119. The van der Waals surface area contributed by atoms with Crippen LogP contribution < -0.4 is 0 Å². The molecule has 1 saturated carbocycles. The number of nitrogens with zero attached hydrogens (tertiary/aromatic N) is 3. The second-order valence-electron chi connectivity index (χ2n) is 3.27. The van der Waals surface area contributed by atoms with Crippen molar-refractivity contribution in [2.75, 3.05) is 0 Å². The fourth-order valence-corrected chi connectivity index (χ4v) is 2.02. The van der Waals surface area contributed by atoms with Gasteiger partial charge >= 0.3 is 5.97 Å². The van der Waals surface area contributed by atoms with Crippen LogP contribution in [-0.4, -0.2) is 18.1 Å². The van der Waals surface area contributed by atoms with Crippen molar-refractivity contribution in [1.29, 1.82) is 0 Å². The standard InChI is InChI=1S/C7H9N3O2/c8-10-9-5-2-1-4-3-6(11)12-7(4)5/h4-5,7H,1-3H2/t4-,5-,7+/m1/s1. The van der Waals surface area contributed by atoms with Gasteiger partial charge in [0.25, 0.3) is 0 Å². The number of fused-ring (bicyclic) bond motifs is 1. The first-order valence-corrected chi connectivity index (χ1v) is 4.05. The smallest absolute Gasteiger partial charge is 0.306 e. The van der Waals surface area contributed by atoms with Crippen LogP contribution in [0.2, 0.25) is 0 Å². The highest BCUT2D eigenvalue weighted by Gasteiger charge is 2.44. The van der Waals surface area contributed by atoms with E-state index in [1.54, 1.807) is 0 Å². The molecule has 12 heavy (non-hydrogen) atoms. The number of hydrogen-bond acceptors (Lipinski definition) is 3. The van der Waals surface area contributed by atoms with Crippen LogP contribution in [0.5, 0.6) is 0 Å². The summed E-state index contributed by atoms with van der Waals surface area (Å²) in [5.74, 6) is 0.149. The highest BCUT2D eigenvalue weighted by Crippen LogP contribution is 2.38. The van der Waals surface area contributed by atoms with Crippen molar-refractivity contribution in [3.05, 3.63) is 10.4 Å². The summed E-state index contributed by atoms with van der Waals surface area (Å²) in [4.78, 5) is 13.6. The van der Waals surface area contributed by atoms with Gasteiger partial charge in [-0.15, -0.1) is 0 Å². The maximum Gasteiger partial charge on any atom is 0.306 e. The summed E-state index contributed by atoms with van der Waals surface area (Å²) >= 11 is 0. The SMILES string of the molecule is [N-]=[N+]=N[C@@H]1CC[C@@H]2CC(=O)O[C@@H]21. The van der Waals surface area contributed by atoms with Crippen LogP contribution in [0.4, 0.5) is 0 Å². The molecule has 5 heteroatoms. The first kappa shape index (κ1) is 7.43. The Labute approximate surface area is 69.3 Å². The van der Waals surface area contributed by atoms with E-state index >= 15 is 0 Å². The van der Waals surface area contributed by atoms with E-state index in [0.29, 0.717) is 12.3 Å². The number of carbonyl (C=O) groups is 1. The molecule has 2 aliphatic rings. The summed E-state index contributed by atoms with van der Waals surface area (Å²) < 4.78 is 5.05. The van der Waals surface area contributed by atoms with Crippen molar-refractivity contribution in [2.45, 2.75) is 31.4 Å². The average Bonchev–Trinajstić information content (AvgIpc) is 2.52. The molecule has 0 aromatic rings. The zero-order valence-electron chi connectivity index (χ0n) is 6.51. The quantitative estimate of drug-likeness (QED) is 0.256. The zero-order chi connectivity index (χ0) is 8.55. The molecule has 64 valence electrons. The predicted molar refractivity (Wildman–Crippen MR) is 40.2 cm³/mol. The van der Waals surface area contributed by atoms with Gasteiger partial charge in [0.05, 0.1) is 12.5 Å². The van der Waals surface area contributed by atoms with Crippen molar-refractivity contribution in [1.82, 2.24) is 0 Å². The Balaban J connectivity index is 2.12. The topological polar surface area (TPSA) is 75.1 Å². The Morgan fingerprint density at radius 1 is 1.58 bits per heavy atom. The third-order valence-corrected chi connectivity index (χ3v) is 2.57. The predicted octanol–water partition coefficient (Wildman–Crippen LogP) is 1.39. The zero-order valence-corrected chi connectivity index (χ0v) is 6.51. The summed E-state index contributed by atoms with van der Waals surface area (Å²) in [6.07, 6.45) is 2.17. The van der Waals surface area contributed by atoms with Crippen LogP contribution in [0.25, 0.3) is 10.4 Å². The van der Waals surface area contributed by atoms with E-state index in [1.165, 1.54) is 0 Å². The van der Waals surface area contributed by atoms with E-state index in [2.05, 4.69) is 10.0 Å². The van der Waals surface area contributed by atoms with Crippen LogP contribution >= 0.6 is 0 Å². The largest absolute Gasteiger partial charge is 0.462 e. The molecule has 0 aromatic heterocycles. The maximum absolute atomic E-state index is 10.8. The molecule has 2 rings (SSSR count). The minimum absolute atomic E-state index is 0.119. The molecule has 1 saturated heterocycles. The Bertz CT molecular complexity index is 259. The van der Waals surface area contributed by atoms with Gasteiger partial charge in [0.1, 0.15) is 6.10 Å². The van der Waals surface area contributed by atoms with Crippen molar-refractivity contribution in [2.24, 2.45) is 11.0 Å². The van der Waals surface area contributed by atoms with Gasteiger partial charge in [0.15, 0.2) is 0 Å². The number of rotatable bonds is 1. The van der Waals surface area contributed by atoms with E-state index in [0.717, 1.165) is 12.8 Å². The molecule has 0 bridgehead atoms. The van der Waals surface area contributed by atoms with E-state index in [9.17, 15) is 4.79 Å². The van der Waals surface area contributed by atoms with E-state index < -0.39 is 0 Å². The lowest BCUT2D eigenvalue weighted by atomic mass is 10.0. The molecule has 1 heterocycles. The van der Waals surface area contributed by atoms with Gasteiger partial charge in [0, 0.05) is 10.8 Å². The number of azide groups is 1. The van der Waals surface area contributed by atoms with E-state index in [4.69, 9.17) is 10.3 Å². The fraction of sp³-hybridized carbons (Fsp3) is 0.857. The molecule has 0 spiro atoms. The molecular formula is C7H9N3O2. The average molecular weight is 167 g/mol. The van der Waals surface area contributed by atoms with Gasteiger partial charge in [-0.2, -0.15) is 0 Å². The Morgan fingerprint density at radius 2 is 2.42 bits per heavy atom. The lowest BCUT2D eigenvalue weighted by molar-refractivity contribution is -0.141. The highest BCUT2D eigenvalue weighted by atomic mass is 16.6. The second kappa shape index (κ2) is 2.68. The molecule has 1 aliphatic carbocycles. The molecule has 0 unspecified atom stereocenters. The van der Waals surface area contributed by atoms with Crippen LogP contribution in [0, 0.1) is 5.92 Å². The normalized spacial score (nSPS) is 38.7. The lowest BCUT2D eigenvalue weighted by Crippen LogP contribution is -2.21. The van der Waals surface area contributed by atoms with Gasteiger partial charge in [0.2, 0.25) is 0 Å². The number of carbonyl (C=O) groups excluding carboxylic acids is 1. The molecular weight excluding hydrogens is 158 g/mol. The third-order valence-electron chi connectivity index (χ3n) is 2.57. The number of esters is 1.